The predicted molar refractivity (Wildman–Crippen MR) is 76.9 cm³/mol. The van der Waals surface area contributed by atoms with Crippen LogP contribution in [0, 0.1) is 0 Å². The van der Waals surface area contributed by atoms with Gasteiger partial charge in [-0.25, -0.2) is 0 Å². The second kappa shape index (κ2) is 7.17. The highest BCUT2D eigenvalue weighted by Gasteiger charge is 2.33. The molecular formula is C15H16F3N3O2. The van der Waals surface area contributed by atoms with E-state index in [9.17, 15) is 18.0 Å². The van der Waals surface area contributed by atoms with Gasteiger partial charge in [-0.1, -0.05) is 12.1 Å². The number of nitrogens with zero attached hydrogens (tertiary/aromatic N) is 2. The molecule has 2 aromatic rings. The molecule has 1 N–H and O–H groups in total. The molecule has 1 heterocycles. The van der Waals surface area contributed by atoms with Gasteiger partial charge in [-0.05, 0) is 23.8 Å². The molecule has 0 aliphatic rings. The van der Waals surface area contributed by atoms with E-state index < -0.39 is 11.9 Å². The van der Waals surface area contributed by atoms with E-state index in [4.69, 9.17) is 4.74 Å². The third-order valence-corrected chi connectivity index (χ3v) is 3.12. The fourth-order valence-corrected chi connectivity index (χ4v) is 1.94. The highest BCUT2D eigenvalue weighted by molar-refractivity contribution is 5.78. The summed E-state index contributed by atoms with van der Waals surface area (Å²) in [4.78, 5) is 11.8. The lowest BCUT2D eigenvalue weighted by atomic mass is 10.1. The summed E-state index contributed by atoms with van der Waals surface area (Å²) < 4.78 is 43.4. The largest absolute Gasteiger partial charge is 0.497 e. The third-order valence-electron chi connectivity index (χ3n) is 3.12. The summed E-state index contributed by atoms with van der Waals surface area (Å²) >= 11 is 0. The molecule has 0 saturated carbocycles. The average Bonchev–Trinajstić information content (AvgIpc) is 2.97. The van der Waals surface area contributed by atoms with Crippen LogP contribution in [0.3, 0.4) is 0 Å². The van der Waals surface area contributed by atoms with E-state index in [1.807, 2.05) is 0 Å². The van der Waals surface area contributed by atoms with Crippen molar-refractivity contribution in [1.82, 2.24) is 15.1 Å². The topological polar surface area (TPSA) is 56.1 Å². The van der Waals surface area contributed by atoms with Crippen LogP contribution in [0.4, 0.5) is 13.2 Å². The van der Waals surface area contributed by atoms with E-state index in [0.717, 1.165) is 16.3 Å². The van der Waals surface area contributed by atoms with E-state index in [-0.39, 0.29) is 25.4 Å². The predicted octanol–water partition coefficient (Wildman–Crippen LogP) is 2.27. The van der Waals surface area contributed by atoms with Gasteiger partial charge in [0.25, 0.3) is 0 Å². The number of hydrogen-bond acceptors (Lipinski definition) is 3. The van der Waals surface area contributed by atoms with Crippen LogP contribution in [0.25, 0.3) is 0 Å². The Balaban J connectivity index is 1.77. The van der Waals surface area contributed by atoms with Crippen molar-refractivity contribution in [2.24, 2.45) is 0 Å². The number of halogens is 3. The van der Waals surface area contributed by atoms with Gasteiger partial charge in [0.1, 0.15) is 5.75 Å². The second-order valence-electron chi connectivity index (χ2n) is 4.84. The molecule has 1 aromatic heterocycles. The first-order valence-corrected chi connectivity index (χ1v) is 6.89. The van der Waals surface area contributed by atoms with E-state index in [0.29, 0.717) is 5.75 Å². The lowest BCUT2D eigenvalue weighted by Gasteiger charge is -2.07. The van der Waals surface area contributed by atoms with Gasteiger partial charge < -0.3 is 10.1 Å². The van der Waals surface area contributed by atoms with Gasteiger partial charge in [0.05, 0.1) is 20.1 Å². The molecule has 0 saturated heterocycles. The zero-order valence-corrected chi connectivity index (χ0v) is 12.4. The highest BCUT2D eigenvalue weighted by atomic mass is 19.4. The number of methoxy groups -OCH3 is 1. The Labute approximate surface area is 131 Å². The molecule has 23 heavy (non-hydrogen) atoms. The lowest BCUT2D eigenvalue weighted by Crippen LogP contribution is -2.28. The number of alkyl halides is 3. The van der Waals surface area contributed by atoms with Crippen LogP contribution in [0.2, 0.25) is 0 Å². The van der Waals surface area contributed by atoms with Gasteiger partial charge in [0.15, 0.2) is 5.69 Å². The minimum atomic E-state index is -4.46. The van der Waals surface area contributed by atoms with Gasteiger partial charge in [-0.2, -0.15) is 18.3 Å². The van der Waals surface area contributed by atoms with Crippen molar-refractivity contribution in [3.05, 3.63) is 47.8 Å². The zero-order valence-electron chi connectivity index (χ0n) is 12.4. The summed E-state index contributed by atoms with van der Waals surface area (Å²) in [6.45, 7) is 0.373. The summed E-state index contributed by atoms with van der Waals surface area (Å²) in [7, 11) is 1.56. The third kappa shape index (κ3) is 5.01. The fourth-order valence-electron chi connectivity index (χ4n) is 1.94. The van der Waals surface area contributed by atoms with E-state index in [1.54, 1.807) is 31.4 Å². The summed E-state index contributed by atoms with van der Waals surface area (Å²) in [6, 6.07) is 7.97. The molecule has 0 bridgehead atoms. The fraction of sp³-hybridized carbons (Fsp3) is 0.333. The molecule has 124 valence electrons. The number of hydrogen-bond donors (Lipinski definition) is 1. The Bertz CT molecular complexity index is 651. The summed E-state index contributed by atoms with van der Waals surface area (Å²) in [5, 5.41) is 6.05. The number of amides is 1. The molecule has 0 spiro atoms. The maximum absolute atomic E-state index is 12.4. The van der Waals surface area contributed by atoms with Crippen molar-refractivity contribution in [3.8, 4) is 5.75 Å². The molecule has 0 aliphatic carbocycles. The summed E-state index contributed by atoms with van der Waals surface area (Å²) in [6.07, 6.45) is -3.03. The van der Waals surface area contributed by atoms with Gasteiger partial charge in [0, 0.05) is 12.7 Å². The van der Waals surface area contributed by atoms with Crippen molar-refractivity contribution < 1.29 is 22.7 Å². The molecule has 5 nitrogen and oxygen atoms in total. The van der Waals surface area contributed by atoms with E-state index >= 15 is 0 Å². The van der Waals surface area contributed by atoms with Crippen LogP contribution in [0.5, 0.6) is 5.75 Å². The summed E-state index contributed by atoms with van der Waals surface area (Å²) in [5.74, 6) is 0.492. The van der Waals surface area contributed by atoms with Crippen molar-refractivity contribution >= 4 is 5.91 Å². The van der Waals surface area contributed by atoms with Crippen molar-refractivity contribution in [2.75, 3.05) is 13.7 Å². The number of benzene rings is 1. The monoisotopic (exact) mass is 327 g/mol. The smallest absolute Gasteiger partial charge is 0.435 e. The number of carbonyl (C=O) groups excluding carboxylic acids is 1. The minimum absolute atomic E-state index is 0.171. The number of nitrogens with one attached hydrogen (secondary N) is 1. The molecule has 0 aliphatic heterocycles. The molecule has 0 unspecified atom stereocenters. The number of rotatable bonds is 6. The maximum atomic E-state index is 12.4. The van der Waals surface area contributed by atoms with Crippen LogP contribution in [0.1, 0.15) is 11.3 Å². The van der Waals surface area contributed by atoms with E-state index in [2.05, 4.69) is 10.4 Å². The molecule has 0 atom stereocenters. The SMILES string of the molecule is COc1ccc(CC(=O)NCCn2ccc(C(F)(F)F)n2)cc1. The van der Waals surface area contributed by atoms with Crippen LogP contribution in [-0.4, -0.2) is 29.3 Å². The number of aromatic nitrogens is 2. The Morgan fingerprint density at radius 3 is 2.52 bits per heavy atom. The minimum Gasteiger partial charge on any atom is -0.497 e. The highest BCUT2D eigenvalue weighted by Crippen LogP contribution is 2.27. The average molecular weight is 327 g/mol. The van der Waals surface area contributed by atoms with Gasteiger partial charge in [-0.3, -0.25) is 9.48 Å². The molecule has 0 fully saturated rings. The first kappa shape index (κ1) is 16.9. The molecule has 2 rings (SSSR count). The Morgan fingerprint density at radius 1 is 1.26 bits per heavy atom. The van der Waals surface area contributed by atoms with Gasteiger partial charge in [-0.15, -0.1) is 0 Å². The molecule has 1 amide bonds. The molecule has 8 heteroatoms. The molecular weight excluding hydrogens is 311 g/mol. The Morgan fingerprint density at radius 2 is 1.96 bits per heavy atom. The van der Waals surface area contributed by atoms with Crippen LogP contribution < -0.4 is 10.1 Å². The standard InChI is InChI=1S/C15H16F3N3O2/c1-23-12-4-2-11(3-5-12)10-14(22)19-7-9-21-8-6-13(20-21)15(16,17)18/h2-6,8H,7,9-10H2,1H3,(H,19,22). The number of ether oxygens (including phenoxy) is 1. The van der Waals surface area contributed by atoms with E-state index in [1.165, 1.54) is 6.20 Å². The normalized spacial score (nSPS) is 11.3. The zero-order chi connectivity index (χ0) is 16.9. The molecule has 1 aromatic carbocycles. The Hall–Kier alpha value is -2.51. The first-order chi connectivity index (χ1) is 10.9. The number of carbonyl (C=O) groups is 1. The molecule has 0 radical (unpaired) electrons. The maximum Gasteiger partial charge on any atom is 0.435 e. The first-order valence-electron chi connectivity index (χ1n) is 6.89. The second-order valence-corrected chi connectivity index (χ2v) is 4.84. The van der Waals surface area contributed by atoms with Gasteiger partial charge >= 0.3 is 6.18 Å². The Kier molecular flexibility index (Phi) is 5.25. The van der Waals surface area contributed by atoms with Gasteiger partial charge in [0.2, 0.25) is 5.91 Å². The quantitative estimate of drug-likeness (QED) is 0.885. The van der Waals surface area contributed by atoms with Crippen molar-refractivity contribution in [2.45, 2.75) is 19.1 Å². The lowest BCUT2D eigenvalue weighted by molar-refractivity contribution is -0.141. The summed E-state index contributed by atoms with van der Waals surface area (Å²) in [5.41, 5.74) is -0.121. The van der Waals surface area contributed by atoms with Crippen LogP contribution in [0.15, 0.2) is 36.5 Å². The van der Waals surface area contributed by atoms with Crippen LogP contribution >= 0.6 is 0 Å². The van der Waals surface area contributed by atoms with Crippen molar-refractivity contribution in [1.29, 1.82) is 0 Å². The van der Waals surface area contributed by atoms with Crippen molar-refractivity contribution in [3.63, 3.8) is 0 Å². The van der Waals surface area contributed by atoms with Crippen LogP contribution in [-0.2, 0) is 23.9 Å².